The van der Waals surface area contributed by atoms with Crippen LogP contribution in [0, 0.1) is 5.92 Å². The molecule has 1 aliphatic carbocycles. The number of nitrogens with two attached hydrogens (primary N) is 1. The van der Waals surface area contributed by atoms with E-state index in [0.29, 0.717) is 25.3 Å². The van der Waals surface area contributed by atoms with Gasteiger partial charge in [0, 0.05) is 25.4 Å². The van der Waals surface area contributed by atoms with Gasteiger partial charge in [0.15, 0.2) is 5.69 Å². The van der Waals surface area contributed by atoms with E-state index in [-0.39, 0.29) is 23.3 Å². The first kappa shape index (κ1) is 14.4. The Morgan fingerprint density at radius 1 is 1.50 bits per heavy atom. The summed E-state index contributed by atoms with van der Waals surface area (Å²) in [6.45, 7) is 2.91. The topological polar surface area (TPSA) is 99.2 Å². The van der Waals surface area contributed by atoms with Gasteiger partial charge in [-0.1, -0.05) is 6.92 Å². The molecule has 1 aliphatic rings. The standard InChI is InChI=1S/C13H20N4O3/c1-3-9-16-10(13(19)20-2)11(14)17(9)7-6-15-12(18)8-4-5-8/h8H,3-7,14H2,1-2H3,(H,15,18). The molecule has 7 nitrogen and oxygen atoms in total. The van der Waals surface area contributed by atoms with E-state index in [1.807, 2.05) is 6.92 Å². The van der Waals surface area contributed by atoms with E-state index in [2.05, 4.69) is 15.0 Å². The molecule has 110 valence electrons. The van der Waals surface area contributed by atoms with Crippen LogP contribution < -0.4 is 11.1 Å². The summed E-state index contributed by atoms with van der Waals surface area (Å²) in [5.74, 6) is 0.734. The molecule has 0 bridgehead atoms. The maximum Gasteiger partial charge on any atom is 0.360 e. The zero-order valence-corrected chi connectivity index (χ0v) is 11.8. The Bertz CT molecular complexity index is 520. The third-order valence-corrected chi connectivity index (χ3v) is 3.36. The summed E-state index contributed by atoms with van der Waals surface area (Å²) in [6.07, 6.45) is 2.61. The number of carbonyl (C=O) groups is 2. The highest BCUT2D eigenvalue weighted by molar-refractivity contribution is 5.92. The van der Waals surface area contributed by atoms with Crippen molar-refractivity contribution < 1.29 is 14.3 Å². The molecule has 0 atom stereocenters. The van der Waals surface area contributed by atoms with Crippen molar-refractivity contribution in [2.45, 2.75) is 32.7 Å². The van der Waals surface area contributed by atoms with Gasteiger partial charge in [-0.05, 0) is 12.8 Å². The summed E-state index contributed by atoms with van der Waals surface area (Å²) < 4.78 is 6.40. The van der Waals surface area contributed by atoms with E-state index < -0.39 is 5.97 Å². The lowest BCUT2D eigenvalue weighted by atomic mass is 10.4. The highest BCUT2D eigenvalue weighted by Gasteiger charge is 2.29. The lowest BCUT2D eigenvalue weighted by Gasteiger charge is -2.09. The summed E-state index contributed by atoms with van der Waals surface area (Å²) >= 11 is 0. The molecule has 0 saturated heterocycles. The van der Waals surface area contributed by atoms with Gasteiger partial charge in [0.25, 0.3) is 0 Å². The fourth-order valence-corrected chi connectivity index (χ4v) is 2.06. The minimum absolute atomic E-state index is 0.0925. The molecule has 1 heterocycles. The Morgan fingerprint density at radius 3 is 2.75 bits per heavy atom. The summed E-state index contributed by atoms with van der Waals surface area (Å²) in [5.41, 5.74) is 6.07. The first-order chi connectivity index (χ1) is 9.58. The number of hydrogen-bond donors (Lipinski definition) is 2. The van der Waals surface area contributed by atoms with Crippen LogP contribution in [0.3, 0.4) is 0 Å². The average molecular weight is 280 g/mol. The molecule has 1 saturated carbocycles. The van der Waals surface area contributed by atoms with Crippen molar-refractivity contribution >= 4 is 17.7 Å². The highest BCUT2D eigenvalue weighted by atomic mass is 16.5. The number of hydrogen-bond acceptors (Lipinski definition) is 5. The molecular weight excluding hydrogens is 260 g/mol. The molecule has 1 aromatic heterocycles. The zero-order valence-electron chi connectivity index (χ0n) is 11.8. The van der Waals surface area contributed by atoms with Crippen LogP contribution in [0.25, 0.3) is 0 Å². The molecule has 0 unspecified atom stereocenters. The maximum absolute atomic E-state index is 11.6. The Hall–Kier alpha value is -2.05. The van der Waals surface area contributed by atoms with E-state index in [0.717, 1.165) is 12.8 Å². The van der Waals surface area contributed by atoms with Gasteiger partial charge in [0.05, 0.1) is 7.11 Å². The molecule has 20 heavy (non-hydrogen) atoms. The monoisotopic (exact) mass is 280 g/mol. The number of nitrogens with zero attached hydrogens (tertiary/aromatic N) is 2. The van der Waals surface area contributed by atoms with E-state index in [4.69, 9.17) is 5.73 Å². The van der Waals surface area contributed by atoms with Gasteiger partial charge < -0.3 is 20.4 Å². The van der Waals surface area contributed by atoms with E-state index in [9.17, 15) is 9.59 Å². The number of nitrogens with one attached hydrogen (secondary N) is 1. The Balaban J connectivity index is 2.03. The van der Waals surface area contributed by atoms with Gasteiger partial charge >= 0.3 is 5.97 Å². The van der Waals surface area contributed by atoms with Gasteiger partial charge in [-0.3, -0.25) is 4.79 Å². The first-order valence-electron chi connectivity index (χ1n) is 6.79. The van der Waals surface area contributed by atoms with Crippen molar-refractivity contribution in [3.63, 3.8) is 0 Å². The van der Waals surface area contributed by atoms with Crippen LogP contribution in [0.5, 0.6) is 0 Å². The summed E-state index contributed by atoms with van der Waals surface area (Å²) in [6, 6.07) is 0. The molecule has 0 radical (unpaired) electrons. The van der Waals surface area contributed by atoms with Crippen molar-refractivity contribution in [1.29, 1.82) is 0 Å². The van der Waals surface area contributed by atoms with Gasteiger partial charge in [0.1, 0.15) is 11.6 Å². The van der Waals surface area contributed by atoms with Crippen molar-refractivity contribution in [3.05, 3.63) is 11.5 Å². The quantitative estimate of drug-likeness (QED) is 0.732. The fraction of sp³-hybridized carbons (Fsp3) is 0.615. The molecule has 1 fully saturated rings. The number of ether oxygens (including phenoxy) is 1. The van der Waals surface area contributed by atoms with Crippen molar-refractivity contribution in [1.82, 2.24) is 14.9 Å². The predicted molar refractivity (Wildman–Crippen MR) is 73.1 cm³/mol. The van der Waals surface area contributed by atoms with Crippen LogP contribution in [-0.2, 0) is 22.5 Å². The van der Waals surface area contributed by atoms with Crippen molar-refractivity contribution in [3.8, 4) is 0 Å². The molecule has 2 rings (SSSR count). The highest BCUT2D eigenvalue weighted by Crippen LogP contribution is 2.28. The largest absolute Gasteiger partial charge is 0.464 e. The minimum atomic E-state index is -0.544. The number of anilines is 1. The first-order valence-corrected chi connectivity index (χ1v) is 6.79. The van der Waals surface area contributed by atoms with Gasteiger partial charge in [-0.15, -0.1) is 0 Å². The average Bonchev–Trinajstić information content (AvgIpc) is 3.24. The van der Waals surface area contributed by atoms with E-state index in [1.54, 1.807) is 4.57 Å². The third kappa shape index (κ3) is 2.92. The Kier molecular flexibility index (Phi) is 4.26. The molecule has 0 aromatic carbocycles. The number of carbonyl (C=O) groups excluding carboxylic acids is 2. The van der Waals surface area contributed by atoms with Gasteiger partial charge in [-0.25, -0.2) is 9.78 Å². The zero-order chi connectivity index (χ0) is 14.7. The lowest BCUT2D eigenvalue weighted by molar-refractivity contribution is -0.122. The number of rotatable bonds is 6. The second-order valence-corrected chi connectivity index (χ2v) is 4.82. The normalized spacial score (nSPS) is 14.1. The van der Waals surface area contributed by atoms with Crippen LogP contribution >= 0.6 is 0 Å². The summed E-state index contributed by atoms with van der Waals surface area (Å²) in [4.78, 5) is 27.3. The number of aromatic nitrogens is 2. The Labute approximate surface area is 117 Å². The van der Waals surface area contributed by atoms with Crippen molar-refractivity contribution in [2.24, 2.45) is 5.92 Å². The van der Waals surface area contributed by atoms with Crippen molar-refractivity contribution in [2.75, 3.05) is 19.4 Å². The molecule has 0 aliphatic heterocycles. The number of imidazole rings is 1. The molecule has 3 N–H and O–H groups in total. The van der Waals surface area contributed by atoms with E-state index in [1.165, 1.54) is 7.11 Å². The fourth-order valence-electron chi connectivity index (χ4n) is 2.06. The molecule has 1 aromatic rings. The summed E-state index contributed by atoms with van der Waals surface area (Å²) in [5, 5.41) is 2.86. The van der Waals surface area contributed by atoms with Gasteiger partial charge in [0.2, 0.25) is 5.91 Å². The van der Waals surface area contributed by atoms with E-state index >= 15 is 0 Å². The number of methoxy groups -OCH3 is 1. The van der Waals surface area contributed by atoms with Crippen LogP contribution in [0.2, 0.25) is 0 Å². The number of esters is 1. The second kappa shape index (κ2) is 5.94. The molecule has 0 spiro atoms. The predicted octanol–water partition coefficient (Wildman–Crippen LogP) is 0.341. The number of nitrogen functional groups attached to an aromatic ring is 1. The van der Waals surface area contributed by atoms with Crippen LogP contribution in [0.1, 0.15) is 36.1 Å². The molecular formula is C13H20N4O3. The van der Waals surface area contributed by atoms with Crippen LogP contribution in [-0.4, -0.2) is 35.1 Å². The van der Waals surface area contributed by atoms with Crippen LogP contribution in [0.4, 0.5) is 5.82 Å². The number of aryl methyl sites for hydroxylation is 1. The second-order valence-electron chi connectivity index (χ2n) is 4.82. The Morgan fingerprint density at radius 2 is 2.20 bits per heavy atom. The SMILES string of the molecule is CCc1nc(C(=O)OC)c(N)n1CCNC(=O)C1CC1. The molecule has 1 amide bonds. The third-order valence-electron chi connectivity index (χ3n) is 3.36. The minimum Gasteiger partial charge on any atom is -0.464 e. The van der Waals surface area contributed by atoms with Gasteiger partial charge in [-0.2, -0.15) is 0 Å². The lowest BCUT2D eigenvalue weighted by Crippen LogP contribution is -2.29. The van der Waals surface area contributed by atoms with Crippen LogP contribution in [0.15, 0.2) is 0 Å². The molecule has 7 heteroatoms. The smallest absolute Gasteiger partial charge is 0.360 e. The maximum atomic E-state index is 11.6. The number of amides is 1. The summed E-state index contributed by atoms with van der Waals surface area (Å²) in [7, 11) is 1.29.